The van der Waals surface area contributed by atoms with E-state index in [-0.39, 0.29) is 6.54 Å². The van der Waals surface area contributed by atoms with Crippen molar-refractivity contribution in [3.8, 4) is 0 Å². The number of alkyl halides is 3. The monoisotopic (exact) mass is 329 g/mol. The van der Waals surface area contributed by atoms with Crippen molar-refractivity contribution in [3.63, 3.8) is 0 Å². The zero-order valence-electron chi connectivity index (χ0n) is 11.4. The molecule has 7 heteroatoms. The predicted octanol–water partition coefficient (Wildman–Crippen LogP) is 4.09. The summed E-state index contributed by atoms with van der Waals surface area (Å²) < 4.78 is 2.91. The highest BCUT2D eigenvalue weighted by molar-refractivity contribution is 6.76. The van der Waals surface area contributed by atoms with Gasteiger partial charge in [-0.05, 0) is 27.2 Å². The van der Waals surface area contributed by atoms with Crippen molar-refractivity contribution in [1.29, 1.82) is 0 Å². The van der Waals surface area contributed by atoms with Crippen LogP contribution in [-0.2, 0) is 9.53 Å². The van der Waals surface area contributed by atoms with E-state index < -0.39 is 21.4 Å². The summed E-state index contributed by atoms with van der Waals surface area (Å²) in [4.78, 5) is 24.6. The molecule has 0 bridgehead atoms. The van der Waals surface area contributed by atoms with Gasteiger partial charge >= 0.3 is 6.09 Å². The van der Waals surface area contributed by atoms with Crippen LogP contribution in [0.1, 0.15) is 34.1 Å². The summed E-state index contributed by atoms with van der Waals surface area (Å²) in [6.45, 7) is 6.97. The van der Waals surface area contributed by atoms with Crippen LogP contribution in [-0.4, -0.2) is 32.8 Å². The summed E-state index contributed by atoms with van der Waals surface area (Å²) in [5, 5.41) is 0. The highest BCUT2D eigenvalue weighted by Gasteiger charge is 2.39. The van der Waals surface area contributed by atoms with Crippen molar-refractivity contribution in [3.05, 3.63) is 12.2 Å². The van der Waals surface area contributed by atoms with E-state index in [1.54, 1.807) is 32.9 Å². The van der Waals surface area contributed by atoms with E-state index in [0.717, 1.165) is 11.3 Å². The fourth-order valence-electron chi connectivity index (χ4n) is 1.06. The Balaban J connectivity index is 5.01. The first-order valence-electron chi connectivity index (χ1n) is 5.75. The van der Waals surface area contributed by atoms with Crippen LogP contribution in [0.25, 0.3) is 0 Å². The lowest BCUT2D eigenvalue weighted by atomic mass is 10.2. The topological polar surface area (TPSA) is 46.6 Å². The van der Waals surface area contributed by atoms with Crippen LogP contribution in [0.5, 0.6) is 0 Å². The van der Waals surface area contributed by atoms with Crippen LogP contribution in [0.15, 0.2) is 12.2 Å². The number of carbonyl (C=O) groups excluding carboxylic acids is 2. The normalized spacial score (nSPS) is 12.6. The number of halogens is 3. The molecular weight excluding hydrogens is 312 g/mol. The van der Waals surface area contributed by atoms with Gasteiger partial charge in [0.05, 0.1) is 6.54 Å². The molecule has 0 saturated carbocycles. The third kappa shape index (κ3) is 7.65. The Bertz CT molecular complexity index is 356. The lowest BCUT2D eigenvalue weighted by Gasteiger charge is -2.27. The van der Waals surface area contributed by atoms with E-state index in [2.05, 4.69) is 0 Å². The first kappa shape index (κ1) is 18.6. The fraction of sp³-hybridized carbons (Fsp3) is 0.667. The highest BCUT2D eigenvalue weighted by Crippen LogP contribution is 2.29. The van der Waals surface area contributed by atoms with Gasteiger partial charge in [0.25, 0.3) is 9.70 Å². The molecular formula is C12H18Cl3NO3. The minimum atomic E-state index is -2.20. The summed E-state index contributed by atoms with van der Waals surface area (Å²) >= 11 is 16.5. The molecule has 0 heterocycles. The molecule has 0 atom stereocenters. The van der Waals surface area contributed by atoms with Gasteiger partial charge in [0, 0.05) is 0 Å². The molecule has 0 radical (unpaired) electrons. The molecule has 0 aliphatic rings. The third-order valence-electron chi connectivity index (χ3n) is 1.79. The first-order chi connectivity index (χ1) is 8.49. The molecule has 0 fully saturated rings. The molecule has 19 heavy (non-hydrogen) atoms. The van der Waals surface area contributed by atoms with Crippen LogP contribution in [0.3, 0.4) is 0 Å². The SMILES string of the molecule is CC/C=C/CN(C(=O)OC(C)(C)C)C(=O)C(Cl)(Cl)Cl. The second-order valence-corrected chi connectivity index (χ2v) is 7.05. The van der Waals surface area contributed by atoms with Gasteiger partial charge in [-0.2, -0.15) is 0 Å². The Morgan fingerprint density at radius 3 is 2.05 bits per heavy atom. The zero-order chi connectivity index (χ0) is 15.3. The second kappa shape index (κ2) is 7.36. The zero-order valence-corrected chi connectivity index (χ0v) is 13.6. The van der Waals surface area contributed by atoms with Crippen molar-refractivity contribution >= 4 is 46.8 Å². The number of ether oxygens (including phenoxy) is 1. The quantitative estimate of drug-likeness (QED) is 0.578. The van der Waals surface area contributed by atoms with Gasteiger partial charge in [-0.3, -0.25) is 4.79 Å². The van der Waals surface area contributed by atoms with Crippen LogP contribution < -0.4 is 0 Å². The van der Waals surface area contributed by atoms with Crippen LogP contribution in [0, 0.1) is 0 Å². The molecule has 0 saturated heterocycles. The number of amides is 2. The Kier molecular flexibility index (Phi) is 7.19. The van der Waals surface area contributed by atoms with E-state index in [9.17, 15) is 9.59 Å². The molecule has 0 rings (SSSR count). The largest absolute Gasteiger partial charge is 0.443 e. The molecule has 0 unspecified atom stereocenters. The van der Waals surface area contributed by atoms with Crippen molar-refractivity contribution in [1.82, 2.24) is 4.90 Å². The summed E-state index contributed by atoms with van der Waals surface area (Å²) in [5.41, 5.74) is -0.738. The standard InChI is InChI=1S/C12H18Cl3NO3/c1-5-6-7-8-16(9(17)12(13,14)15)10(18)19-11(2,3)4/h6-7H,5,8H2,1-4H3/b7-6+. The first-order valence-corrected chi connectivity index (χ1v) is 6.89. The van der Waals surface area contributed by atoms with E-state index in [1.807, 2.05) is 6.92 Å². The van der Waals surface area contributed by atoms with Gasteiger partial charge in [-0.15, -0.1) is 0 Å². The Morgan fingerprint density at radius 2 is 1.68 bits per heavy atom. The number of hydrogen-bond acceptors (Lipinski definition) is 3. The van der Waals surface area contributed by atoms with E-state index in [4.69, 9.17) is 39.5 Å². The lowest BCUT2D eigenvalue weighted by Crippen LogP contribution is -2.45. The number of allylic oxidation sites excluding steroid dienone is 1. The average Bonchev–Trinajstić information content (AvgIpc) is 2.19. The van der Waals surface area contributed by atoms with Gasteiger partial charge in [0.1, 0.15) is 5.60 Å². The molecule has 0 aliphatic carbocycles. The van der Waals surface area contributed by atoms with Crippen molar-refractivity contribution < 1.29 is 14.3 Å². The minimum absolute atomic E-state index is 0.00447. The van der Waals surface area contributed by atoms with Gasteiger partial charge in [0.15, 0.2) is 0 Å². The summed E-state index contributed by atoms with van der Waals surface area (Å²) in [6.07, 6.45) is 3.36. The van der Waals surface area contributed by atoms with Gasteiger partial charge in [-0.25, -0.2) is 9.69 Å². The fourth-order valence-corrected chi connectivity index (χ4v) is 1.36. The Hall–Kier alpha value is -0.450. The van der Waals surface area contributed by atoms with Gasteiger partial charge < -0.3 is 4.74 Å². The van der Waals surface area contributed by atoms with Crippen molar-refractivity contribution in [2.75, 3.05) is 6.54 Å². The lowest BCUT2D eigenvalue weighted by molar-refractivity contribution is -0.128. The maximum Gasteiger partial charge on any atom is 0.417 e. The smallest absolute Gasteiger partial charge is 0.417 e. The van der Waals surface area contributed by atoms with Gasteiger partial charge in [-0.1, -0.05) is 53.9 Å². The molecule has 0 spiro atoms. The molecule has 0 aromatic rings. The molecule has 0 aromatic heterocycles. The van der Waals surface area contributed by atoms with E-state index in [1.165, 1.54) is 0 Å². The Labute approximate surface area is 128 Å². The summed E-state index contributed by atoms with van der Waals surface area (Å²) in [7, 11) is 0. The van der Waals surface area contributed by atoms with Crippen LogP contribution in [0.2, 0.25) is 0 Å². The highest BCUT2D eigenvalue weighted by atomic mass is 35.6. The summed E-state index contributed by atoms with van der Waals surface area (Å²) in [6, 6.07) is 0. The minimum Gasteiger partial charge on any atom is -0.443 e. The number of rotatable bonds is 3. The average molecular weight is 331 g/mol. The molecule has 110 valence electrons. The molecule has 0 aromatic carbocycles. The number of imide groups is 1. The maximum absolute atomic E-state index is 11.9. The van der Waals surface area contributed by atoms with E-state index >= 15 is 0 Å². The van der Waals surface area contributed by atoms with Gasteiger partial charge in [0.2, 0.25) is 0 Å². The molecule has 0 N–H and O–H groups in total. The summed E-state index contributed by atoms with van der Waals surface area (Å²) in [5.74, 6) is -0.937. The second-order valence-electron chi connectivity index (χ2n) is 4.77. The van der Waals surface area contributed by atoms with Crippen molar-refractivity contribution in [2.45, 2.75) is 43.5 Å². The molecule has 4 nitrogen and oxygen atoms in total. The number of hydrogen-bond donors (Lipinski definition) is 0. The van der Waals surface area contributed by atoms with Crippen molar-refractivity contribution in [2.24, 2.45) is 0 Å². The Morgan fingerprint density at radius 1 is 1.16 bits per heavy atom. The van der Waals surface area contributed by atoms with Crippen LogP contribution in [0.4, 0.5) is 4.79 Å². The molecule has 2 amide bonds. The predicted molar refractivity (Wildman–Crippen MR) is 77.7 cm³/mol. The van der Waals surface area contributed by atoms with Crippen LogP contribution >= 0.6 is 34.8 Å². The number of carbonyl (C=O) groups is 2. The third-order valence-corrected chi connectivity index (χ3v) is 2.28. The number of nitrogens with zero attached hydrogens (tertiary/aromatic N) is 1. The van der Waals surface area contributed by atoms with E-state index in [0.29, 0.717) is 0 Å². The molecule has 0 aliphatic heterocycles. The maximum atomic E-state index is 11.9.